The van der Waals surface area contributed by atoms with Gasteiger partial charge in [0.1, 0.15) is 11.9 Å². The summed E-state index contributed by atoms with van der Waals surface area (Å²) in [5.41, 5.74) is 0.934. The number of aliphatic hydroxyl groups excluding tert-OH is 1. The van der Waals surface area contributed by atoms with E-state index >= 15 is 0 Å². The molecule has 2 aromatic carbocycles. The van der Waals surface area contributed by atoms with Gasteiger partial charge in [0, 0.05) is 6.42 Å². The first kappa shape index (κ1) is 16.6. The Labute approximate surface area is 132 Å². The molecule has 0 saturated carbocycles. The van der Waals surface area contributed by atoms with E-state index in [1.54, 1.807) is 30.3 Å². The number of nitrogens with one attached hydrogen (secondary N) is 1. The zero-order chi connectivity index (χ0) is 16.8. The number of aliphatic carboxylic acids is 1. The monoisotopic (exact) mass is 317 g/mol. The number of carbonyl (C=O) groups excluding carboxylic acids is 1. The van der Waals surface area contributed by atoms with Crippen molar-refractivity contribution in [2.24, 2.45) is 0 Å². The highest BCUT2D eigenvalue weighted by Crippen LogP contribution is 2.13. The van der Waals surface area contributed by atoms with E-state index in [-0.39, 0.29) is 6.42 Å². The van der Waals surface area contributed by atoms with Crippen molar-refractivity contribution in [3.05, 3.63) is 71.5 Å². The molecule has 3 N–H and O–H groups in total. The standard InChI is InChI=1S/C17H16FNO4/c18-13-8-6-11(7-9-13)10-14(17(22)23)19-16(21)15(20)12-4-2-1-3-5-12/h1-9,14-15,20H,10H2,(H,19,21)(H,22,23)/t14-,15+/m1/s1. The first-order valence-corrected chi connectivity index (χ1v) is 6.98. The number of rotatable bonds is 6. The zero-order valence-corrected chi connectivity index (χ0v) is 12.1. The minimum Gasteiger partial charge on any atom is -0.480 e. The summed E-state index contributed by atoms with van der Waals surface area (Å²) in [5.74, 6) is -2.46. The average molecular weight is 317 g/mol. The number of aliphatic hydroxyl groups is 1. The number of carbonyl (C=O) groups is 2. The first-order chi connectivity index (χ1) is 11.0. The number of hydrogen-bond acceptors (Lipinski definition) is 3. The van der Waals surface area contributed by atoms with Crippen molar-refractivity contribution in [2.75, 3.05) is 0 Å². The number of carboxylic acids is 1. The highest BCUT2D eigenvalue weighted by atomic mass is 19.1. The van der Waals surface area contributed by atoms with E-state index in [0.717, 1.165) is 0 Å². The van der Waals surface area contributed by atoms with Gasteiger partial charge in [0.05, 0.1) is 0 Å². The summed E-state index contributed by atoms with van der Waals surface area (Å²) in [6.07, 6.45) is -1.46. The molecule has 23 heavy (non-hydrogen) atoms. The second-order valence-electron chi connectivity index (χ2n) is 5.04. The van der Waals surface area contributed by atoms with Gasteiger partial charge >= 0.3 is 5.97 Å². The van der Waals surface area contributed by atoms with Crippen molar-refractivity contribution in [3.8, 4) is 0 Å². The fourth-order valence-electron chi connectivity index (χ4n) is 2.09. The molecule has 0 aliphatic rings. The topological polar surface area (TPSA) is 86.6 Å². The van der Waals surface area contributed by atoms with Gasteiger partial charge in [-0.1, -0.05) is 42.5 Å². The zero-order valence-electron chi connectivity index (χ0n) is 12.1. The smallest absolute Gasteiger partial charge is 0.326 e. The molecule has 0 fully saturated rings. The molecule has 120 valence electrons. The van der Waals surface area contributed by atoms with E-state index < -0.39 is 29.8 Å². The molecule has 6 heteroatoms. The SMILES string of the molecule is O=C(N[C@H](Cc1ccc(F)cc1)C(=O)O)[C@@H](O)c1ccccc1. The Balaban J connectivity index is 2.05. The molecule has 0 heterocycles. The van der Waals surface area contributed by atoms with Crippen LogP contribution in [0.2, 0.25) is 0 Å². The van der Waals surface area contributed by atoms with E-state index in [2.05, 4.69) is 5.32 Å². The van der Waals surface area contributed by atoms with Crippen molar-refractivity contribution in [2.45, 2.75) is 18.6 Å². The van der Waals surface area contributed by atoms with Crippen LogP contribution < -0.4 is 5.32 Å². The molecule has 0 aromatic heterocycles. The van der Waals surface area contributed by atoms with Crippen LogP contribution in [0.3, 0.4) is 0 Å². The van der Waals surface area contributed by atoms with Gasteiger partial charge in [-0.25, -0.2) is 9.18 Å². The summed E-state index contributed by atoms with van der Waals surface area (Å²) in [4.78, 5) is 23.3. The van der Waals surface area contributed by atoms with Crippen LogP contribution >= 0.6 is 0 Å². The van der Waals surface area contributed by atoms with Crippen LogP contribution in [0.15, 0.2) is 54.6 Å². The van der Waals surface area contributed by atoms with Crippen molar-refractivity contribution in [1.29, 1.82) is 0 Å². The normalized spacial score (nSPS) is 13.1. The van der Waals surface area contributed by atoms with Crippen LogP contribution in [0.25, 0.3) is 0 Å². The second kappa shape index (κ2) is 7.51. The summed E-state index contributed by atoms with van der Waals surface area (Å²) in [6, 6.07) is 12.3. The molecule has 0 radical (unpaired) electrons. The Kier molecular flexibility index (Phi) is 5.43. The number of hydrogen-bond donors (Lipinski definition) is 3. The Morgan fingerprint density at radius 3 is 2.22 bits per heavy atom. The molecule has 5 nitrogen and oxygen atoms in total. The van der Waals surface area contributed by atoms with Crippen molar-refractivity contribution in [3.63, 3.8) is 0 Å². The lowest BCUT2D eigenvalue weighted by atomic mass is 10.0. The number of carboxylic acid groups (broad SMARTS) is 1. The van der Waals surface area contributed by atoms with E-state index in [1.165, 1.54) is 24.3 Å². The third kappa shape index (κ3) is 4.62. The molecular formula is C17H16FNO4. The maximum Gasteiger partial charge on any atom is 0.326 e. The van der Waals surface area contributed by atoms with Crippen LogP contribution in [-0.2, 0) is 16.0 Å². The van der Waals surface area contributed by atoms with E-state index in [0.29, 0.717) is 11.1 Å². The Morgan fingerprint density at radius 1 is 1.04 bits per heavy atom. The fourth-order valence-corrected chi connectivity index (χ4v) is 2.09. The van der Waals surface area contributed by atoms with E-state index in [4.69, 9.17) is 0 Å². The number of amides is 1. The second-order valence-corrected chi connectivity index (χ2v) is 5.04. The van der Waals surface area contributed by atoms with Gasteiger partial charge in [-0.15, -0.1) is 0 Å². The average Bonchev–Trinajstić information content (AvgIpc) is 2.56. The van der Waals surface area contributed by atoms with E-state index in [9.17, 15) is 24.2 Å². The van der Waals surface area contributed by atoms with E-state index in [1.807, 2.05) is 0 Å². The minimum absolute atomic E-state index is 0.0110. The molecule has 2 rings (SSSR count). The summed E-state index contributed by atoms with van der Waals surface area (Å²) >= 11 is 0. The molecule has 2 aromatic rings. The van der Waals surface area contributed by atoms with Gasteiger partial charge < -0.3 is 15.5 Å². The summed E-state index contributed by atoms with van der Waals surface area (Å²) in [5, 5.41) is 21.5. The molecule has 2 atom stereocenters. The van der Waals surface area contributed by atoms with Gasteiger partial charge in [-0.2, -0.15) is 0 Å². The molecule has 0 saturated heterocycles. The lowest BCUT2D eigenvalue weighted by molar-refractivity contribution is -0.143. The highest BCUT2D eigenvalue weighted by Gasteiger charge is 2.25. The lowest BCUT2D eigenvalue weighted by Gasteiger charge is -2.17. The molecule has 0 aliphatic carbocycles. The fraction of sp³-hybridized carbons (Fsp3) is 0.176. The maximum absolute atomic E-state index is 12.9. The quantitative estimate of drug-likeness (QED) is 0.756. The third-order valence-corrected chi connectivity index (χ3v) is 3.33. The van der Waals surface area contributed by atoms with Gasteiger partial charge in [0.2, 0.25) is 0 Å². The number of benzene rings is 2. The predicted octanol–water partition coefficient (Wildman–Crippen LogP) is 1.67. The predicted molar refractivity (Wildman–Crippen MR) is 81.1 cm³/mol. The van der Waals surface area contributed by atoms with Crippen LogP contribution in [0, 0.1) is 5.82 Å². The van der Waals surface area contributed by atoms with Gasteiger partial charge in [-0.05, 0) is 23.3 Å². The van der Waals surface area contributed by atoms with Gasteiger partial charge in [0.25, 0.3) is 5.91 Å². The summed E-state index contributed by atoms with van der Waals surface area (Å²) in [7, 11) is 0. The van der Waals surface area contributed by atoms with Crippen LogP contribution in [0.4, 0.5) is 4.39 Å². The maximum atomic E-state index is 12.9. The van der Waals surface area contributed by atoms with Crippen LogP contribution in [0.5, 0.6) is 0 Å². The van der Waals surface area contributed by atoms with Gasteiger partial charge in [-0.3, -0.25) is 4.79 Å². The van der Waals surface area contributed by atoms with Crippen molar-refractivity contribution in [1.82, 2.24) is 5.32 Å². The Bertz CT molecular complexity index is 673. The molecule has 0 bridgehead atoms. The Morgan fingerprint density at radius 2 is 1.65 bits per heavy atom. The molecular weight excluding hydrogens is 301 g/mol. The minimum atomic E-state index is -1.45. The van der Waals surface area contributed by atoms with Crippen molar-refractivity contribution < 1.29 is 24.2 Å². The van der Waals surface area contributed by atoms with Crippen LogP contribution in [0.1, 0.15) is 17.2 Å². The molecule has 0 spiro atoms. The highest BCUT2D eigenvalue weighted by molar-refractivity contribution is 5.87. The van der Waals surface area contributed by atoms with Crippen molar-refractivity contribution >= 4 is 11.9 Å². The molecule has 0 aliphatic heterocycles. The molecule has 0 unspecified atom stereocenters. The number of halogens is 1. The third-order valence-electron chi connectivity index (χ3n) is 3.33. The molecule has 1 amide bonds. The summed E-state index contributed by atoms with van der Waals surface area (Å²) < 4.78 is 12.9. The van der Waals surface area contributed by atoms with Crippen LogP contribution in [-0.4, -0.2) is 28.1 Å². The van der Waals surface area contributed by atoms with Gasteiger partial charge in [0.15, 0.2) is 6.10 Å². The summed E-state index contributed by atoms with van der Waals surface area (Å²) in [6.45, 7) is 0. The first-order valence-electron chi connectivity index (χ1n) is 6.98. The lowest BCUT2D eigenvalue weighted by Crippen LogP contribution is -2.44. The Hall–Kier alpha value is -2.73. The largest absolute Gasteiger partial charge is 0.480 e.